The van der Waals surface area contributed by atoms with Crippen LogP contribution >= 0.6 is 0 Å². The zero-order valence-corrected chi connectivity index (χ0v) is 15.3. The van der Waals surface area contributed by atoms with Crippen molar-refractivity contribution >= 4 is 5.96 Å². The number of hydrogen-bond donors (Lipinski definition) is 2. The van der Waals surface area contributed by atoms with Gasteiger partial charge in [-0.15, -0.1) is 0 Å². The van der Waals surface area contributed by atoms with Crippen molar-refractivity contribution in [3.8, 4) is 6.07 Å². The molecular weight excluding hydrogens is 335 g/mol. The number of hydrogen-bond acceptors (Lipinski definition) is 4. The zero-order valence-electron chi connectivity index (χ0n) is 15.3. The molecule has 1 aromatic carbocycles. The first-order valence-electron chi connectivity index (χ1n) is 9.13. The summed E-state index contributed by atoms with van der Waals surface area (Å²) in [5.74, 6) is 0.263. The lowest BCUT2D eigenvalue weighted by Gasteiger charge is -2.13. The molecule has 0 aliphatic carbocycles. The van der Waals surface area contributed by atoms with Crippen molar-refractivity contribution < 1.29 is 13.9 Å². The highest BCUT2D eigenvalue weighted by molar-refractivity contribution is 5.79. The fourth-order valence-corrected chi connectivity index (χ4v) is 2.64. The molecule has 1 unspecified atom stereocenters. The minimum Gasteiger partial charge on any atom is -0.379 e. The lowest BCUT2D eigenvalue weighted by molar-refractivity contribution is 0.0168. The van der Waals surface area contributed by atoms with Crippen molar-refractivity contribution in [2.75, 3.05) is 32.9 Å². The second-order valence-electron chi connectivity index (χ2n) is 6.10. The predicted octanol–water partition coefficient (Wildman–Crippen LogP) is 2.34. The largest absolute Gasteiger partial charge is 0.379 e. The normalized spacial score (nSPS) is 17.1. The third-order valence-electron chi connectivity index (χ3n) is 4.01. The summed E-state index contributed by atoms with van der Waals surface area (Å²) in [6, 6.07) is 6.30. The van der Waals surface area contributed by atoms with Gasteiger partial charge in [0.25, 0.3) is 0 Å². The molecule has 0 bridgehead atoms. The Morgan fingerprint density at radius 3 is 3.08 bits per heavy atom. The first kappa shape index (κ1) is 20.1. The smallest absolute Gasteiger partial charge is 0.191 e. The minimum atomic E-state index is -0.355. The first-order chi connectivity index (χ1) is 12.7. The summed E-state index contributed by atoms with van der Waals surface area (Å²) in [5.41, 5.74) is 0.833. The van der Waals surface area contributed by atoms with E-state index in [0.29, 0.717) is 43.4 Å². The van der Waals surface area contributed by atoms with Gasteiger partial charge < -0.3 is 20.1 Å². The Labute approximate surface area is 154 Å². The first-order valence-corrected chi connectivity index (χ1v) is 9.13. The molecule has 0 aromatic heterocycles. The molecule has 0 radical (unpaired) electrons. The van der Waals surface area contributed by atoms with Gasteiger partial charge in [-0.1, -0.05) is 0 Å². The number of aliphatic imine (C=N–C) groups is 1. The topological polar surface area (TPSA) is 78.7 Å². The molecule has 1 aliphatic rings. The Balaban J connectivity index is 1.73. The van der Waals surface area contributed by atoms with Gasteiger partial charge in [0.1, 0.15) is 5.82 Å². The van der Waals surface area contributed by atoms with Gasteiger partial charge in [0.2, 0.25) is 0 Å². The van der Waals surface area contributed by atoms with Crippen LogP contribution in [0, 0.1) is 17.1 Å². The average Bonchev–Trinajstić information content (AvgIpc) is 3.17. The van der Waals surface area contributed by atoms with E-state index in [-0.39, 0.29) is 18.5 Å². The van der Waals surface area contributed by atoms with Crippen LogP contribution in [-0.4, -0.2) is 45.0 Å². The zero-order chi connectivity index (χ0) is 18.6. The fourth-order valence-electron chi connectivity index (χ4n) is 2.64. The molecule has 1 atom stereocenters. The van der Waals surface area contributed by atoms with E-state index in [0.717, 1.165) is 25.9 Å². The van der Waals surface area contributed by atoms with Gasteiger partial charge in [-0.05, 0) is 44.4 Å². The molecule has 2 N–H and O–H groups in total. The summed E-state index contributed by atoms with van der Waals surface area (Å²) in [7, 11) is 0. The number of nitrogens with zero attached hydrogens (tertiary/aromatic N) is 2. The maximum Gasteiger partial charge on any atom is 0.191 e. The van der Waals surface area contributed by atoms with E-state index in [1.165, 1.54) is 18.2 Å². The molecule has 0 saturated carbocycles. The predicted molar refractivity (Wildman–Crippen MR) is 98.3 cm³/mol. The van der Waals surface area contributed by atoms with Crippen LogP contribution in [0.4, 0.5) is 4.39 Å². The number of rotatable bonds is 9. The van der Waals surface area contributed by atoms with Crippen molar-refractivity contribution in [3.63, 3.8) is 0 Å². The van der Waals surface area contributed by atoms with Crippen LogP contribution in [0.5, 0.6) is 0 Å². The Kier molecular flexibility index (Phi) is 8.87. The maximum atomic E-state index is 13.8. The van der Waals surface area contributed by atoms with Crippen LogP contribution in [0.2, 0.25) is 0 Å². The van der Waals surface area contributed by atoms with Crippen LogP contribution in [0.1, 0.15) is 37.3 Å². The van der Waals surface area contributed by atoms with Gasteiger partial charge in [0.15, 0.2) is 5.96 Å². The van der Waals surface area contributed by atoms with Crippen molar-refractivity contribution in [1.82, 2.24) is 10.6 Å². The highest BCUT2D eigenvalue weighted by Crippen LogP contribution is 2.12. The van der Waals surface area contributed by atoms with Crippen LogP contribution in [0.3, 0.4) is 0 Å². The average molecular weight is 362 g/mol. The van der Waals surface area contributed by atoms with Gasteiger partial charge >= 0.3 is 0 Å². The molecule has 26 heavy (non-hydrogen) atoms. The van der Waals surface area contributed by atoms with E-state index in [1.54, 1.807) is 0 Å². The van der Waals surface area contributed by atoms with Crippen molar-refractivity contribution in [1.29, 1.82) is 5.26 Å². The molecule has 6 nitrogen and oxygen atoms in total. The van der Waals surface area contributed by atoms with Crippen molar-refractivity contribution in [2.45, 2.75) is 38.8 Å². The van der Waals surface area contributed by atoms with Crippen molar-refractivity contribution in [3.05, 3.63) is 35.1 Å². The fraction of sp³-hybridized carbons (Fsp3) is 0.579. The molecule has 0 amide bonds. The Hall–Kier alpha value is -2.17. The third-order valence-corrected chi connectivity index (χ3v) is 4.01. The summed E-state index contributed by atoms with van der Waals surface area (Å²) in [6.07, 6.45) is 3.30. The van der Waals surface area contributed by atoms with Crippen molar-refractivity contribution in [2.24, 2.45) is 4.99 Å². The van der Waals surface area contributed by atoms with E-state index in [4.69, 9.17) is 14.7 Å². The number of halogens is 1. The number of nitrogens with one attached hydrogen (secondary N) is 2. The highest BCUT2D eigenvalue weighted by atomic mass is 19.1. The summed E-state index contributed by atoms with van der Waals surface area (Å²) >= 11 is 0. The number of nitriles is 1. The molecule has 1 heterocycles. The molecule has 1 aliphatic heterocycles. The van der Waals surface area contributed by atoms with Gasteiger partial charge in [-0.2, -0.15) is 5.26 Å². The molecule has 2 rings (SSSR count). The number of benzene rings is 1. The second-order valence-corrected chi connectivity index (χ2v) is 6.10. The molecule has 1 aromatic rings. The highest BCUT2D eigenvalue weighted by Gasteiger charge is 2.14. The Morgan fingerprint density at radius 2 is 2.35 bits per heavy atom. The van der Waals surface area contributed by atoms with Gasteiger partial charge in [0, 0.05) is 31.9 Å². The third kappa shape index (κ3) is 6.98. The molecular formula is C19H27FN4O2. The summed E-state index contributed by atoms with van der Waals surface area (Å²) < 4.78 is 24.9. The van der Waals surface area contributed by atoms with Crippen LogP contribution < -0.4 is 10.6 Å². The number of guanidine groups is 1. The summed E-state index contributed by atoms with van der Waals surface area (Å²) in [6.45, 7) is 5.72. The van der Waals surface area contributed by atoms with Crippen LogP contribution in [-0.2, 0) is 16.0 Å². The summed E-state index contributed by atoms with van der Waals surface area (Å²) in [5, 5.41) is 15.3. The maximum absolute atomic E-state index is 13.8. The van der Waals surface area contributed by atoms with Gasteiger partial charge in [-0.25, -0.2) is 9.38 Å². The van der Waals surface area contributed by atoms with Gasteiger partial charge in [0.05, 0.1) is 30.9 Å². The van der Waals surface area contributed by atoms with E-state index in [2.05, 4.69) is 15.6 Å². The standard InChI is InChI=1S/C19H27FN4O2/c1-2-22-19(23-8-4-9-25-14-17-5-3-10-26-17)24-13-16-11-15(12-21)6-7-18(16)20/h6-7,11,17H,2-5,8-10,13-14H2,1H3,(H2,22,23,24). The van der Waals surface area contributed by atoms with Gasteiger partial charge in [-0.3, -0.25) is 0 Å². The van der Waals surface area contributed by atoms with Crippen LogP contribution in [0.25, 0.3) is 0 Å². The Morgan fingerprint density at radius 1 is 1.46 bits per heavy atom. The molecule has 7 heteroatoms. The number of ether oxygens (including phenoxy) is 2. The van der Waals surface area contributed by atoms with E-state index < -0.39 is 0 Å². The van der Waals surface area contributed by atoms with E-state index in [9.17, 15) is 4.39 Å². The quantitative estimate of drug-likeness (QED) is 0.400. The molecule has 1 saturated heterocycles. The molecule has 0 spiro atoms. The Bertz CT molecular complexity index is 624. The molecule has 1 fully saturated rings. The lowest BCUT2D eigenvalue weighted by atomic mass is 10.1. The monoisotopic (exact) mass is 362 g/mol. The lowest BCUT2D eigenvalue weighted by Crippen LogP contribution is -2.38. The molecule has 142 valence electrons. The summed E-state index contributed by atoms with van der Waals surface area (Å²) in [4.78, 5) is 4.38. The second kappa shape index (κ2) is 11.4. The SMILES string of the molecule is CCNC(=NCc1cc(C#N)ccc1F)NCCCOCC1CCCO1. The van der Waals surface area contributed by atoms with E-state index in [1.807, 2.05) is 13.0 Å². The van der Waals surface area contributed by atoms with E-state index >= 15 is 0 Å². The van der Waals surface area contributed by atoms with Crippen LogP contribution in [0.15, 0.2) is 23.2 Å². The minimum absolute atomic E-state index is 0.173.